The number of carbonyl (C=O) groups excluding carboxylic acids is 1. The predicted molar refractivity (Wildman–Crippen MR) is 97.7 cm³/mol. The molecular formula is C20H29N3O2. The van der Waals surface area contributed by atoms with Gasteiger partial charge >= 0.3 is 6.03 Å². The van der Waals surface area contributed by atoms with Gasteiger partial charge in [-0.15, -0.1) is 0 Å². The Morgan fingerprint density at radius 2 is 1.96 bits per heavy atom. The summed E-state index contributed by atoms with van der Waals surface area (Å²) < 4.78 is 5.42. The van der Waals surface area contributed by atoms with Gasteiger partial charge in [-0.2, -0.15) is 0 Å². The van der Waals surface area contributed by atoms with Crippen LogP contribution in [0.4, 0.5) is 4.79 Å². The van der Waals surface area contributed by atoms with Gasteiger partial charge in [0.1, 0.15) is 0 Å². The molecule has 1 N–H and O–H groups in total. The van der Waals surface area contributed by atoms with Gasteiger partial charge in [-0.1, -0.05) is 30.3 Å². The van der Waals surface area contributed by atoms with E-state index in [0.29, 0.717) is 17.9 Å². The number of carbonyl (C=O) groups is 1. The standard InChI is InChI=1S/C20H29N3O2/c24-20(21-14-17-13-19(17)16-5-2-1-3-6-16)23-8-4-7-18(23)15-22-9-11-25-12-10-22/h1-3,5-6,17-19H,4,7-15H2,(H,21,24)/t17-,18-,19+/m0/s1. The van der Waals surface area contributed by atoms with Gasteiger partial charge in [0.05, 0.1) is 13.2 Å². The average Bonchev–Trinajstić information content (AvgIpc) is 3.30. The van der Waals surface area contributed by atoms with E-state index in [2.05, 4.69) is 45.4 Å². The van der Waals surface area contributed by atoms with E-state index in [-0.39, 0.29) is 6.03 Å². The van der Waals surface area contributed by atoms with Gasteiger partial charge in [-0.3, -0.25) is 4.90 Å². The number of urea groups is 1. The number of benzene rings is 1. The van der Waals surface area contributed by atoms with Crippen LogP contribution in [-0.2, 0) is 4.74 Å². The van der Waals surface area contributed by atoms with Crippen LogP contribution in [-0.4, -0.2) is 67.8 Å². The number of nitrogens with zero attached hydrogens (tertiary/aromatic N) is 2. The highest BCUT2D eigenvalue weighted by molar-refractivity contribution is 5.75. The fourth-order valence-electron chi connectivity index (χ4n) is 4.28. The van der Waals surface area contributed by atoms with E-state index in [9.17, 15) is 4.79 Å². The maximum atomic E-state index is 12.6. The third-order valence-corrected chi connectivity index (χ3v) is 5.88. The van der Waals surface area contributed by atoms with Crippen LogP contribution in [0.2, 0.25) is 0 Å². The molecule has 1 saturated carbocycles. The third kappa shape index (κ3) is 4.15. The number of morpholine rings is 1. The quantitative estimate of drug-likeness (QED) is 0.892. The molecule has 1 aliphatic carbocycles. The Balaban J connectivity index is 1.23. The third-order valence-electron chi connectivity index (χ3n) is 5.88. The van der Waals surface area contributed by atoms with Crippen molar-refractivity contribution in [1.29, 1.82) is 0 Å². The second-order valence-electron chi connectivity index (χ2n) is 7.60. The molecule has 3 fully saturated rings. The highest BCUT2D eigenvalue weighted by Gasteiger charge is 2.39. The topological polar surface area (TPSA) is 44.8 Å². The van der Waals surface area contributed by atoms with Gasteiger partial charge < -0.3 is 15.0 Å². The summed E-state index contributed by atoms with van der Waals surface area (Å²) in [6.07, 6.45) is 3.45. The Kier molecular flexibility index (Phi) is 5.22. The van der Waals surface area contributed by atoms with Crippen molar-refractivity contribution in [3.8, 4) is 0 Å². The van der Waals surface area contributed by atoms with Crippen molar-refractivity contribution < 1.29 is 9.53 Å². The molecule has 25 heavy (non-hydrogen) atoms. The summed E-state index contributed by atoms with van der Waals surface area (Å²) in [7, 11) is 0. The molecule has 3 atom stereocenters. The minimum absolute atomic E-state index is 0.134. The fourth-order valence-corrected chi connectivity index (χ4v) is 4.28. The van der Waals surface area contributed by atoms with Gasteiger partial charge in [0, 0.05) is 38.8 Å². The molecule has 0 bridgehead atoms. The Morgan fingerprint density at radius 3 is 2.76 bits per heavy atom. The predicted octanol–water partition coefficient (Wildman–Crippen LogP) is 2.30. The van der Waals surface area contributed by atoms with Crippen molar-refractivity contribution in [3.63, 3.8) is 0 Å². The number of nitrogens with one attached hydrogen (secondary N) is 1. The smallest absolute Gasteiger partial charge is 0.317 e. The molecule has 4 rings (SSSR count). The van der Waals surface area contributed by atoms with Crippen molar-refractivity contribution in [1.82, 2.24) is 15.1 Å². The lowest BCUT2D eigenvalue weighted by molar-refractivity contribution is 0.0292. The second-order valence-corrected chi connectivity index (χ2v) is 7.60. The molecule has 5 heteroatoms. The van der Waals surface area contributed by atoms with Crippen LogP contribution in [0.5, 0.6) is 0 Å². The van der Waals surface area contributed by atoms with E-state index in [1.165, 1.54) is 12.0 Å². The van der Waals surface area contributed by atoms with Gasteiger partial charge in [-0.25, -0.2) is 4.79 Å². The normalized spacial score (nSPS) is 29.6. The zero-order chi connectivity index (χ0) is 17.1. The first-order valence-electron chi connectivity index (χ1n) is 9.71. The minimum Gasteiger partial charge on any atom is -0.379 e. The molecule has 3 aliphatic rings. The molecule has 0 unspecified atom stereocenters. The first-order chi connectivity index (χ1) is 12.3. The van der Waals surface area contributed by atoms with Crippen LogP contribution in [0, 0.1) is 5.92 Å². The summed E-state index contributed by atoms with van der Waals surface area (Å²) in [5.74, 6) is 1.23. The van der Waals surface area contributed by atoms with E-state index in [1.807, 2.05) is 0 Å². The van der Waals surface area contributed by atoms with E-state index >= 15 is 0 Å². The summed E-state index contributed by atoms with van der Waals surface area (Å²) in [5.41, 5.74) is 1.41. The first-order valence-corrected chi connectivity index (χ1v) is 9.71. The van der Waals surface area contributed by atoms with Crippen molar-refractivity contribution in [2.75, 3.05) is 45.9 Å². The largest absolute Gasteiger partial charge is 0.379 e. The number of amides is 2. The van der Waals surface area contributed by atoms with E-state index in [4.69, 9.17) is 4.74 Å². The highest BCUT2D eigenvalue weighted by atomic mass is 16.5. The molecule has 2 saturated heterocycles. The maximum absolute atomic E-state index is 12.6. The number of hydrogen-bond acceptors (Lipinski definition) is 3. The van der Waals surface area contributed by atoms with Gasteiger partial charge in [-0.05, 0) is 36.7 Å². The number of hydrogen-bond donors (Lipinski definition) is 1. The molecule has 2 heterocycles. The molecule has 0 radical (unpaired) electrons. The van der Waals surface area contributed by atoms with Crippen molar-refractivity contribution in [2.45, 2.75) is 31.2 Å². The highest BCUT2D eigenvalue weighted by Crippen LogP contribution is 2.46. The lowest BCUT2D eigenvalue weighted by atomic mass is 10.1. The van der Waals surface area contributed by atoms with Crippen molar-refractivity contribution in [3.05, 3.63) is 35.9 Å². The van der Waals surface area contributed by atoms with Crippen molar-refractivity contribution >= 4 is 6.03 Å². The summed E-state index contributed by atoms with van der Waals surface area (Å²) in [5, 5.41) is 3.20. The SMILES string of the molecule is O=C(NC[C@@H]1C[C@@H]1c1ccccc1)N1CCC[C@H]1CN1CCOCC1. The first kappa shape index (κ1) is 16.9. The van der Waals surface area contributed by atoms with Crippen LogP contribution < -0.4 is 5.32 Å². The van der Waals surface area contributed by atoms with Crippen LogP contribution in [0.1, 0.15) is 30.7 Å². The van der Waals surface area contributed by atoms with E-state index in [1.54, 1.807) is 0 Å². The van der Waals surface area contributed by atoms with Crippen LogP contribution in [0.15, 0.2) is 30.3 Å². The number of ether oxygens (including phenoxy) is 1. The lowest BCUT2D eigenvalue weighted by Gasteiger charge is -2.33. The van der Waals surface area contributed by atoms with Gasteiger partial charge in [0.2, 0.25) is 0 Å². The monoisotopic (exact) mass is 343 g/mol. The Labute approximate surface area is 150 Å². The van der Waals surface area contributed by atoms with Crippen LogP contribution in [0.25, 0.3) is 0 Å². The summed E-state index contributed by atoms with van der Waals surface area (Å²) in [6, 6.07) is 11.2. The van der Waals surface area contributed by atoms with Crippen LogP contribution in [0.3, 0.4) is 0 Å². The zero-order valence-electron chi connectivity index (χ0n) is 14.9. The molecule has 5 nitrogen and oxygen atoms in total. The zero-order valence-corrected chi connectivity index (χ0v) is 14.9. The molecule has 136 valence electrons. The van der Waals surface area contributed by atoms with E-state index in [0.717, 1.165) is 58.8 Å². The number of likely N-dealkylation sites (tertiary alicyclic amines) is 1. The maximum Gasteiger partial charge on any atom is 0.317 e. The Bertz CT molecular complexity index is 574. The molecule has 0 spiro atoms. The summed E-state index contributed by atoms with van der Waals surface area (Å²) in [4.78, 5) is 17.1. The van der Waals surface area contributed by atoms with Gasteiger partial charge in [0.25, 0.3) is 0 Å². The van der Waals surface area contributed by atoms with E-state index < -0.39 is 0 Å². The average molecular weight is 343 g/mol. The molecular weight excluding hydrogens is 314 g/mol. The summed E-state index contributed by atoms with van der Waals surface area (Å²) in [6.45, 7) is 6.32. The molecule has 2 aliphatic heterocycles. The summed E-state index contributed by atoms with van der Waals surface area (Å²) >= 11 is 0. The molecule has 2 amide bonds. The number of rotatable bonds is 5. The van der Waals surface area contributed by atoms with Gasteiger partial charge in [0.15, 0.2) is 0 Å². The molecule has 1 aromatic carbocycles. The fraction of sp³-hybridized carbons (Fsp3) is 0.650. The minimum atomic E-state index is 0.134. The van der Waals surface area contributed by atoms with Crippen LogP contribution >= 0.6 is 0 Å². The Morgan fingerprint density at radius 1 is 1.16 bits per heavy atom. The Hall–Kier alpha value is -1.59. The lowest BCUT2D eigenvalue weighted by Crippen LogP contribution is -2.49. The molecule has 1 aromatic rings. The second kappa shape index (κ2) is 7.75. The van der Waals surface area contributed by atoms with Crippen molar-refractivity contribution in [2.24, 2.45) is 5.92 Å². The molecule has 0 aromatic heterocycles.